The predicted molar refractivity (Wildman–Crippen MR) is 110 cm³/mol. The molecular weight excluding hydrogens is 373 g/mol. The van der Waals surface area contributed by atoms with E-state index >= 15 is 0 Å². The molecule has 10 heteroatoms. The third-order valence-corrected chi connectivity index (χ3v) is 11.1. The summed E-state index contributed by atoms with van der Waals surface area (Å²) in [6.07, 6.45) is -1.19. The van der Waals surface area contributed by atoms with Crippen LogP contribution in [0.4, 0.5) is 9.59 Å². The second-order valence-corrected chi connectivity index (χ2v) is 28.8. The molecule has 6 nitrogen and oxygen atoms in total. The number of rotatable bonds is 5. The lowest BCUT2D eigenvalue weighted by Gasteiger charge is -2.48. The molecule has 0 bridgehead atoms. The molecule has 0 atom stereocenters. The van der Waals surface area contributed by atoms with Gasteiger partial charge in [0.2, 0.25) is 16.6 Å². The Morgan fingerprint density at radius 2 is 0.833 bits per heavy atom. The summed E-state index contributed by atoms with van der Waals surface area (Å²) < 4.78 is 13.3. The minimum Gasteiger partial charge on any atom is -0.503 e. The van der Waals surface area contributed by atoms with Gasteiger partial charge >= 0.3 is 12.2 Å². The Balaban J connectivity index is 6.01. The van der Waals surface area contributed by atoms with Crippen LogP contribution in [0.3, 0.4) is 0 Å². The topological polar surface area (TPSA) is 59.1 Å². The molecule has 0 fully saturated rings. The van der Waals surface area contributed by atoms with Crippen molar-refractivity contribution in [2.24, 2.45) is 0 Å². The molecule has 24 heavy (non-hydrogen) atoms. The van der Waals surface area contributed by atoms with Gasteiger partial charge in [-0.05, 0) is 39.3 Å². The van der Waals surface area contributed by atoms with Crippen molar-refractivity contribution in [2.45, 2.75) is 78.6 Å². The molecular formula is C14H36N2O4Si4. The molecule has 0 aliphatic carbocycles. The summed E-state index contributed by atoms with van der Waals surface area (Å²) in [6.45, 7) is 24.3. The monoisotopic (exact) mass is 408 g/mol. The van der Waals surface area contributed by atoms with E-state index in [1.165, 1.54) is 5.01 Å². The molecule has 0 aliphatic heterocycles. The lowest BCUT2D eigenvalue weighted by Crippen LogP contribution is -2.70. The molecule has 142 valence electrons. The van der Waals surface area contributed by atoms with Crippen LogP contribution in [0.2, 0.25) is 78.6 Å². The predicted octanol–water partition coefficient (Wildman–Crippen LogP) is 5.12. The van der Waals surface area contributed by atoms with Crippen LogP contribution in [0.5, 0.6) is 0 Å². The van der Waals surface area contributed by atoms with Crippen molar-refractivity contribution in [1.82, 2.24) is 9.35 Å². The fourth-order valence-electron chi connectivity index (χ4n) is 2.45. The highest BCUT2D eigenvalue weighted by atomic mass is 28.4. The van der Waals surface area contributed by atoms with Crippen LogP contribution in [-0.4, -0.2) is 54.6 Å². The van der Waals surface area contributed by atoms with E-state index in [1.807, 2.05) is 43.6 Å². The number of carbonyl (C=O) groups excluding carboxylic acids is 2. The molecule has 0 N–H and O–H groups in total. The van der Waals surface area contributed by atoms with Crippen LogP contribution < -0.4 is 0 Å². The van der Waals surface area contributed by atoms with E-state index in [0.29, 0.717) is 0 Å². The number of hydrogen-bond donors (Lipinski definition) is 0. The number of imide groups is 1. The van der Waals surface area contributed by atoms with Crippen LogP contribution >= 0.6 is 0 Å². The average Bonchev–Trinajstić information content (AvgIpc) is 2.15. The van der Waals surface area contributed by atoms with E-state index < -0.39 is 45.3 Å². The molecule has 0 unspecified atom stereocenters. The Labute approximate surface area is 151 Å². The number of hydrogen-bond acceptors (Lipinski definition) is 5. The number of hydrazine groups is 1. The van der Waals surface area contributed by atoms with Crippen LogP contribution in [0, 0.1) is 0 Å². The maximum Gasteiger partial charge on any atom is 0.419 e. The highest BCUT2D eigenvalue weighted by molar-refractivity contribution is 6.89. The molecule has 0 aromatic heterocycles. The average molecular weight is 409 g/mol. The Morgan fingerprint density at radius 3 is 1.00 bits per heavy atom. The minimum atomic E-state index is -2.14. The van der Waals surface area contributed by atoms with E-state index in [4.69, 9.17) is 8.85 Å². The molecule has 0 rings (SSSR count). The molecule has 0 saturated heterocycles. The summed E-state index contributed by atoms with van der Waals surface area (Å²) in [7, 11) is -8.29. The summed E-state index contributed by atoms with van der Waals surface area (Å²) in [4.78, 5) is 25.8. The molecule has 0 heterocycles. The van der Waals surface area contributed by atoms with Gasteiger partial charge in [0.1, 0.15) is 16.5 Å². The maximum absolute atomic E-state index is 12.9. The highest BCUT2D eigenvalue weighted by Gasteiger charge is 2.46. The van der Waals surface area contributed by atoms with Crippen molar-refractivity contribution in [1.29, 1.82) is 0 Å². The molecule has 0 saturated carbocycles. The van der Waals surface area contributed by atoms with Crippen molar-refractivity contribution < 1.29 is 18.4 Å². The van der Waals surface area contributed by atoms with E-state index in [-0.39, 0.29) is 0 Å². The molecule has 0 spiro atoms. The van der Waals surface area contributed by atoms with Crippen LogP contribution in [0.1, 0.15) is 0 Å². The van der Waals surface area contributed by atoms with E-state index in [1.54, 1.807) is 0 Å². The standard InChI is InChI=1S/C14H36N2O4Si4/c1-21(2,3)16(22(4,5)6)15(13(17)19-23(7,8)9)14(18)20-24(10,11)12/h1-12H3. The van der Waals surface area contributed by atoms with Gasteiger partial charge in [-0.2, -0.15) is 5.01 Å². The largest absolute Gasteiger partial charge is 0.503 e. The normalized spacial score (nSPS) is 13.7. The Bertz CT molecular complexity index is 431. The highest BCUT2D eigenvalue weighted by Crippen LogP contribution is 2.25. The molecule has 0 aromatic carbocycles. The van der Waals surface area contributed by atoms with Gasteiger partial charge in [0.25, 0.3) is 0 Å². The van der Waals surface area contributed by atoms with Crippen molar-refractivity contribution in [3.8, 4) is 0 Å². The summed E-state index contributed by atoms with van der Waals surface area (Å²) in [5.74, 6) is 0. The fourth-order valence-corrected chi connectivity index (χ4v) is 13.3. The first kappa shape index (κ1) is 23.6. The maximum atomic E-state index is 12.9. The van der Waals surface area contributed by atoms with Crippen molar-refractivity contribution in [3.63, 3.8) is 0 Å². The van der Waals surface area contributed by atoms with Gasteiger partial charge in [-0.15, -0.1) is 0 Å². The van der Waals surface area contributed by atoms with Gasteiger partial charge in [0.15, 0.2) is 0 Å². The van der Waals surface area contributed by atoms with Crippen LogP contribution in [0.15, 0.2) is 0 Å². The summed E-state index contributed by atoms with van der Waals surface area (Å²) in [5.41, 5.74) is 0. The lowest BCUT2D eigenvalue weighted by molar-refractivity contribution is 0.0847. The smallest absolute Gasteiger partial charge is 0.419 e. The molecule has 0 aliphatic rings. The third kappa shape index (κ3) is 8.10. The second kappa shape index (κ2) is 7.44. The number of nitrogens with zero attached hydrogens (tertiary/aromatic N) is 2. The zero-order valence-electron chi connectivity index (χ0n) is 17.5. The molecule has 0 aromatic rings. The molecule has 0 radical (unpaired) electrons. The lowest BCUT2D eigenvalue weighted by atomic mass is 11.0. The van der Waals surface area contributed by atoms with Gasteiger partial charge in [-0.25, -0.2) is 13.9 Å². The van der Waals surface area contributed by atoms with E-state index in [0.717, 1.165) is 0 Å². The summed E-state index contributed by atoms with van der Waals surface area (Å²) in [6, 6.07) is 0. The SMILES string of the molecule is C[Si](C)(C)OC(=O)N(C(=O)O[Si](C)(C)C)N([Si](C)(C)C)[Si](C)(C)C. The van der Waals surface area contributed by atoms with Crippen molar-refractivity contribution in [3.05, 3.63) is 0 Å². The van der Waals surface area contributed by atoms with E-state index in [9.17, 15) is 9.59 Å². The number of carbonyl (C=O) groups is 2. The molecule has 2 amide bonds. The quantitative estimate of drug-likeness (QED) is 0.467. The van der Waals surface area contributed by atoms with Gasteiger partial charge in [0, 0.05) is 0 Å². The summed E-state index contributed by atoms with van der Waals surface area (Å²) >= 11 is 0. The van der Waals surface area contributed by atoms with Crippen molar-refractivity contribution >= 4 is 45.3 Å². The van der Waals surface area contributed by atoms with Crippen LogP contribution in [0.25, 0.3) is 0 Å². The number of amides is 2. The zero-order chi connectivity index (χ0) is 19.7. The summed E-state index contributed by atoms with van der Waals surface area (Å²) in [5, 5.41) is 1.18. The van der Waals surface area contributed by atoms with Gasteiger partial charge < -0.3 is 8.85 Å². The Hall–Kier alpha value is -0.432. The van der Waals surface area contributed by atoms with Crippen molar-refractivity contribution in [2.75, 3.05) is 0 Å². The minimum absolute atomic E-state index is 0.595. The fraction of sp³-hybridized carbons (Fsp3) is 0.857. The first-order valence-electron chi connectivity index (χ1n) is 8.32. The first-order chi connectivity index (χ1) is 10.3. The third-order valence-electron chi connectivity index (χ3n) is 2.60. The second-order valence-electron chi connectivity index (χ2n) is 9.93. The van der Waals surface area contributed by atoms with Gasteiger partial charge in [0.05, 0.1) is 0 Å². The zero-order valence-corrected chi connectivity index (χ0v) is 21.5. The van der Waals surface area contributed by atoms with Gasteiger partial charge in [-0.3, -0.25) is 0 Å². The van der Waals surface area contributed by atoms with E-state index in [2.05, 4.69) is 39.3 Å². The Morgan fingerprint density at radius 1 is 0.583 bits per heavy atom. The van der Waals surface area contributed by atoms with Crippen LogP contribution in [-0.2, 0) is 8.85 Å². The Kier molecular flexibility index (Phi) is 7.30. The first-order valence-corrected chi connectivity index (χ1v) is 22.0. The van der Waals surface area contributed by atoms with Gasteiger partial charge in [-0.1, -0.05) is 39.3 Å².